The Balaban J connectivity index is 2.17. The van der Waals surface area contributed by atoms with Crippen molar-refractivity contribution in [3.05, 3.63) is 29.6 Å². The van der Waals surface area contributed by atoms with Crippen LogP contribution in [0.25, 0.3) is 0 Å². The zero-order valence-corrected chi connectivity index (χ0v) is 9.64. The monoisotopic (exact) mass is 239 g/mol. The summed E-state index contributed by atoms with van der Waals surface area (Å²) in [5.41, 5.74) is 6.19. The largest absolute Gasteiger partial charge is 0.508 e. The summed E-state index contributed by atoms with van der Waals surface area (Å²) >= 11 is 0. The van der Waals surface area contributed by atoms with Gasteiger partial charge in [-0.1, -0.05) is 12.8 Å². The molecule has 4 N–H and O–H groups in total. The molecule has 0 saturated heterocycles. The summed E-state index contributed by atoms with van der Waals surface area (Å²) in [7, 11) is 0. The third kappa shape index (κ3) is 2.58. The average Bonchev–Trinajstić information content (AvgIpc) is 2.84. The fraction of sp³-hybridized carbons (Fsp3) is 0.538. The van der Waals surface area contributed by atoms with Gasteiger partial charge in [-0.15, -0.1) is 0 Å². The Morgan fingerprint density at radius 3 is 2.59 bits per heavy atom. The average molecular weight is 239 g/mol. The number of hydrogen-bond donors (Lipinski definition) is 3. The van der Waals surface area contributed by atoms with E-state index >= 15 is 0 Å². The molecule has 1 aromatic rings. The number of nitrogens with two attached hydrogens (primary N) is 1. The van der Waals surface area contributed by atoms with Crippen LogP contribution in [-0.4, -0.2) is 16.3 Å². The Kier molecular flexibility index (Phi) is 3.64. The van der Waals surface area contributed by atoms with Crippen LogP contribution in [0, 0.1) is 11.7 Å². The summed E-state index contributed by atoms with van der Waals surface area (Å²) in [6, 6.07) is 2.91. The van der Waals surface area contributed by atoms with Gasteiger partial charge in [0.25, 0.3) is 0 Å². The maximum absolute atomic E-state index is 13.1. The minimum atomic E-state index is -0.728. The van der Waals surface area contributed by atoms with Gasteiger partial charge in [0.15, 0.2) is 0 Å². The molecule has 2 rings (SSSR count). The third-order valence-corrected chi connectivity index (χ3v) is 3.60. The molecule has 3 nitrogen and oxygen atoms in total. The number of halogens is 1. The molecule has 1 aliphatic rings. The molecule has 0 aliphatic heterocycles. The predicted molar refractivity (Wildman–Crippen MR) is 63.0 cm³/mol. The maximum atomic E-state index is 13.1. The minimum Gasteiger partial charge on any atom is -0.508 e. The number of aliphatic hydroxyl groups is 1. The smallest absolute Gasteiger partial charge is 0.123 e. The van der Waals surface area contributed by atoms with Gasteiger partial charge < -0.3 is 15.9 Å². The predicted octanol–water partition coefficient (Wildman–Crippen LogP) is 2.08. The van der Waals surface area contributed by atoms with Crippen LogP contribution >= 0.6 is 0 Å². The van der Waals surface area contributed by atoms with Crippen LogP contribution in [-0.2, 0) is 0 Å². The van der Waals surface area contributed by atoms with Crippen molar-refractivity contribution in [2.75, 3.05) is 0 Å². The van der Waals surface area contributed by atoms with E-state index in [9.17, 15) is 14.6 Å². The lowest BCUT2D eigenvalue weighted by atomic mass is 9.90. The van der Waals surface area contributed by atoms with Crippen LogP contribution in [0.4, 0.5) is 4.39 Å². The van der Waals surface area contributed by atoms with E-state index in [2.05, 4.69) is 0 Å². The van der Waals surface area contributed by atoms with E-state index < -0.39 is 18.0 Å². The summed E-state index contributed by atoms with van der Waals surface area (Å²) in [6.07, 6.45) is 3.38. The number of aromatic hydroxyl groups is 1. The second-order valence-electron chi connectivity index (χ2n) is 4.76. The first-order valence-electron chi connectivity index (χ1n) is 6.01. The van der Waals surface area contributed by atoms with E-state index in [0.29, 0.717) is 0 Å². The van der Waals surface area contributed by atoms with Crippen LogP contribution < -0.4 is 5.73 Å². The zero-order valence-electron chi connectivity index (χ0n) is 9.64. The number of phenols is 1. The third-order valence-electron chi connectivity index (χ3n) is 3.60. The molecule has 1 aliphatic carbocycles. The van der Waals surface area contributed by atoms with Crippen molar-refractivity contribution in [1.82, 2.24) is 0 Å². The van der Waals surface area contributed by atoms with E-state index in [1.165, 1.54) is 18.2 Å². The second-order valence-corrected chi connectivity index (χ2v) is 4.76. The quantitative estimate of drug-likeness (QED) is 0.756. The van der Waals surface area contributed by atoms with E-state index in [0.717, 1.165) is 25.7 Å². The molecule has 0 amide bonds. The first-order chi connectivity index (χ1) is 8.09. The molecular formula is C13H18FNO2. The lowest BCUT2D eigenvalue weighted by Crippen LogP contribution is -2.32. The minimum absolute atomic E-state index is 0.0593. The van der Waals surface area contributed by atoms with Gasteiger partial charge in [-0.3, -0.25) is 0 Å². The fourth-order valence-electron chi connectivity index (χ4n) is 2.57. The highest BCUT2D eigenvalue weighted by Gasteiger charge is 2.30. The molecule has 1 fully saturated rings. The molecule has 1 aromatic carbocycles. The van der Waals surface area contributed by atoms with Crippen LogP contribution in [0.15, 0.2) is 18.2 Å². The van der Waals surface area contributed by atoms with Crippen molar-refractivity contribution < 1.29 is 14.6 Å². The van der Waals surface area contributed by atoms with E-state index in [1.54, 1.807) is 0 Å². The van der Waals surface area contributed by atoms with Crippen molar-refractivity contribution in [2.24, 2.45) is 11.7 Å². The van der Waals surface area contributed by atoms with Gasteiger partial charge in [0.1, 0.15) is 11.6 Å². The van der Waals surface area contributed by atoms with Crippen molar-refractivity contribution in [3.63, 3.8) is 0 Å². The highest BCUT2D eigenvalue weighted by Crippen LogP contribution is 2.34. The number of benzene rings is 1. The maximum Gasteiger partial charge on any atom is 0.123 e. The van der Waals surface area contributed by atoms with E-state index in [1.807, 2.05) is 0 Å². The molecule has 4 heteroatoms. The Morgan fingerprint density at radius 2 is 1.94 bits per heavy atom. The SMILES string of the molecule is N[C@H](c1cc(F)ccc1O)[C@@H](O)C1CCCC1. The molecule has 17 heavy (non-hydrogen) atoms. The lowest BCUT2D eigenvalue weighted by Gasteiger charge is -2.25. The van der Waals surface area contributed by atoms with Crippen LogP contribution in [0.1, 0.15) is 37.3 Å². The molecule has 0 spiro atoms. The molecule has 0 bridgehead atoms. The highest BCUT2D eigenvalue weighted by molar-refractivity contribution is 5.35. The number of phenolic OH excluding ortho intramolecular Hbond substituents is 1. The standard InChI is InChI=1S/C13H18FNO2/c14-9-5-6-11(16)10(7-9)12(15)13(17)8-3-1-2-4-8/h5-8,12-13,16-17H,1-4,15H2/t12-,13+/m1/s1. The number of hydrogen-bond acceptors (Lipinski definition) is 3. The first-order valence-corrected chi connectivity index (χ1v) is 6.01. The second kappa shape index (κ2) is 5.02. The zero-order chi connectivity index (χ0) is 12.4. The molecule has 2 atom stereocenters. The summed E-state index contributed by atoms with van der Waals surface area (Å²) < 4.78 is 13.1. The van der Waals surface area contributed by atoms with Crippen molar-refractivity contribution in [3.8, 4) is 5.75 Å². The Bertz CT molecular complexity index is 391. The molecule has 0 heterocycles. The van der Waals surface area contributed by atoms with Gasteiger partial charge in [0, 0.05) is 5.56 Å². The van der Waals surface area contributed by atoms with E-state index in [4.69, 9.17) is 5.73 Å². The van der Waals surface area contributed by atoms with Crippen LogP contribution in [0.5, 0.6) is 5.75 Å². The molecule has 1 saturated carbocycles. The van der Waals surface area contributed by atoms with Gasteiger partial charge >= 0.3 is 0 Å². The summed E-state index contributed by atoms with van der Waals surface area (Å²) in [4.78, 5) is 0. The Morgan fingerprint density at radius 1 is 1.29 bits per heavy atom. The fourth-order valence-corrected chi connectivity index (χ4v) is 2.57. The Labute approximate surface area is 100 Å². The van der Waals surface area contributed by atoms with Crippen molar-refractivity contribution in [2.45, 2.75) is 37.8 Å². The van der Waals surface area contributed by atoms with Gasteiger partial charge in [-0.25, -0.2) is 4.39 Å². The first kappa shape index (κ1) is 12.3. The topological polar surface area (TPSA) is 66.5 Å². The van der Waals surface area contributed by atoms with Gasteiger partial charge in [0.2, 0.25) is 0 Å². The van der Waals surface area contributed by atoms with Gasteiger partial charge in [-0.05, 0) is 37.0 Å². The van der Waals surface area contributed by atoms with Crippen LogP contribution in [0.2, 0.25) is 0 Å². The van der Waals surface area contributed by atoms with E-state index in [-0.39, 0.29) is 17.2 Å². The van der Waals surface area contributed by atoms with Crippen molar-refractivity contribution >= 4 is 0 Å². The molecule has 0 aromatic heterocycles. The molecule has 0 unspecified atom stereocenters. The molecule has 94 valence electrons. The summed E-state index contributed by atoms with van der Waals surface area (Å²) in [6.45, 7) is 0. The summed E-state index contributed by atoms with van der Waals surface area (Å²) in [5.74, 6) is -0.351. The lowest BCUT2D eigenvalue weighted by molar-refractivity contribution is 0.0835. The molecule has 0 radical (unpaired) electrons. The Hall–Kier alpha value is -1.13. The summed E-state index contributed by atoms with van der Waals surface area (Å²) in [5, 5.41) is 19.8. The van der Waals surface area contributed by atoms with Crippen molar-refractivity contribution in [1.29, 1.82) is 0 Å². The highest BCUT2D eigenvalue weighted by atomic mass is 19.1. The number of aliphatic hydroxyl groups excluding tert-OH is 1. The van der Waals surface area contributed by atoms with Gasteiger partial charge in [0.05, 0.1) is 12.1 Å². The van der Waals surface area contributed by atoms with Crippen LogP contribution in [0.3, 0.4) is 0 Å². The molecular weight excluding hydrogens is 221 g/mol. The number of rotatable bonds is 3. The normalized spacial score (nSPS) is 20.4. The van der Waals surface area contributed by atoms with Gasteiger partial charge in [-0.2, -0.15) is 0 Å².